The highest BCUT2D eigenvalue weighted by molar-refractivity contribution is 5.85. The molecule has 2 atom stereocenters. The molecule has 0 bridgehead atoms. The number of amides is 2. The van der Waals surface area contributed by atoms with Crippen LogP contribution in [0.15, 0.2) is 30.3 Å². The molecule has 2 fully saturated rings. The molecular formula is C19H28ClN3O2. The molecule has 2 aliphatic heterocycles. The number of carbonyl (C=O) groups is 2. The molecule has 0 radical (unpaired) electrons. The molecule has 2 N–H and O–H groups in total. The average Bonchev–Trinajstić information content (AvgIpc) is 2.94. The van der Waals surface area contributed by atoms with E-state index in [1.807, 2.05) is 35.2 Å². The Labute approximate surface area is 155 Å². The van der Waals surface area contributed by atoms with Crippen molar-refractivity contribution in [1.29, 1.82) is 0 Å². The molecule has 2 aliphatic rings. The normalized spacial score (nSPS) is 22.5. The van der Waals surface area contributed by atoms with E-state index in [4.69, 9.17) is 0 Å². The van der Waals surface area contributed by atoms with E-state index in [9.17, 15) is 9.59 Å². The topological polar surface area (TPSA) is 61.4 Å². The minimum atomic E-state index is -0.0227. The van der Waals surface area contributed by atoms with E-state index in [2.05, 4.69) is 10.6 Å². The predicted molar refractivity (Wildman–Crippen MR) is 101 cm³/mol. The maximum Gasteiger partial charge on any atom is 0.224 e. The first-order chi connectivity index (χ1) is 11.7. The Morgan fingerprint density at radius 3 is 2.36 bits per heavy atom. The van der Waals surface area contributed by atoms with Gasteiger partial charge in [0.25, 0.3) is 0 Å². The van der Waals surface area contributed by atoms with Gasteiger partial charge in [0, 0.05) is 26.1 Å². The third kappa shape index (κ3) is 5.72. The number of hydrogen-bond donors (Lipinski definition) is 2. The number of nitrogens with zero attached hydrogens (tertiary/aromatic N) is 1. The molecule has 2 saturated heterocycles. The van der Waals surface area contributed by atoms with Crippen molar-refractivity contribution in [1.82, 2.24) is 15.5 Å². The second kappa shape index (κ2) is 9.78. The van der Waals surface area contributed by atoms with Gasteiger partial charge in [-0.15, -0.1) is 12.4 Å². The van der Waals surface area contributed by atoms with E-state index in [0.717, 1.165) is 56.4 Å². The van der Waals surface area contributed by atoms with Gasteiger partial charge in [0.2, 0.25) is 11.8 Å². The fraction of sp³-hybridized carbons (Fsp3) is 0.579. The molecule has 1 aromatic carbocycles. The van der Waals surface area contributed by atoms with Crippen LogP contribution in [0.5, 0.6) is 0 Å². The van der Waals surface area contributed by atoms with Gasteiger partial charge in [-0.2, -0.15) is 0 Å². The minimum absolute atomic E-state index is 0. The number of carbonyl (C=O) groups excluding carboxylic acids is 2. The molecule has 138 valence electrons. The summed E-state index contributed by atoms with van der Waals surface area (Å²) in [5, 5.41) is 6.31. The smallest absolute Gasteiger partial charge is 0.224 e. The van der Waals surface area contributed by atoms with E-state index in [0.29, 0.717) is 19.4 Å². The third-order valence-corrected chi connectivity index (χ3v) is 5.24. The van der Waals surface area contributed by atoms with Gasteiger partial charge in [-0.05, 0) is 43.3 Å². The Bertz CT molecular complexity index is 553. The fourth-order valence-electron chi connectivity index (χ4n) is 3.78. The summed E-state index contributed by atoms with van der Waals surface area (Å²) in [6.07, 6.45) is 2.97. The van der Waals surface area contributed by atoms with Crippen molar-refractivity contribution in [2.24, 2.45) is 11.8 Å². The number of likely N-dealkylation sites (tertiary alicyclic amines) is 1. The first kappa shape index (κ1) is 19.7. The zero-order valence-electron chi connectivity index (χ0n) is 14.6. The quantitative estimate of drug-likeness (QED) is 0.833. The molecule has 2 amide bonds. The summed E-state index contributed by atoms with van der Waals surface area (Å²) in [4.78, 5) is 26.3. The van der Waals surface area contributed by atoms with E-state index in [1.54, 1.807) is 0 Å². The Hall–Kier alpha value is -1.59. The maximum atomic E-state index is 12.4. The summed E-state index contributed by atoms with van der Waals surface area (Å²) >= 11 is 0. The number of hydrogen-bond acceptors (Lipinski definition) is 3. The summed E-state index contributed by atoms with van der Waals surface area (Å²) in [6, 6.07) is 9.67. The van der Waals surface area contributed by atoms with Crippen LogP contribution in [-0.2, 0) is 16.0 Å². The van der Waals surface area contributed by atoms with E-state index in [1.165, 1.54) is 0 Å². The standard InChI is InChI=1S/C19H27N3O2.ClH/c23-18(12-15-4-2-1-3-5-15)21-9-6-19(24)22-10-7-16-13-20-14-17(16)8-11-22;/h1-5,16-17,20H,6-14H2,(H,21,23);1H/t16-,17+;. The number of fused-ring (bicyclic) bond motifs is 1. The van der Waals surface area contributed by atoms with E-state index in [-0.39, 0.29) is 24.2 Å². The van der Waals surface area contributed by atoms with Crippen LogP contribution in [0.2, 0.25) is 0 Å². The third-order valence-electron chi connectivity index (χ3n) is 5.24. The van der Waals surface area contributed by atoms with Crippen molar-refractivity contribution >= 4 is 24.2 Å². The molecule has 0 unspecified atom stereocenters. The molecule has 25 heavy (non-hydrogen) atoms. The molecule has 3 rings (SSSR count). The minimum Gasteiger partial charge on any atom is -0.355 e. The van der Waals surface area contributed by atoms with Gasteiger partial charge in [-0.25, -0.2) is 0 Å². The van der Waals surface area contributed by atoms with Crippen LogP contribution in [0.3, 0.4) is 0 Å². The number of rotatable bonds is 5. The van der Waals surface area contributed by atoms with Crippen molar-refractivity contribution in [3.63, 3.8) is 0 Å². The van der Waals surface area contributed by atoms with Gasteiger partial charge in [-0.1, -0.05) is 30.3 Å². The Balaban J connectivity index is 0.00000225. The largest absolute Gasteiger partial charge is 0.355 e. The van der Waals surface area contributed by atoms with Gasteiger partial charge in [-0.3, -0.25) is 9.59 Å². The summed E-state index contributed by atoms with van der Waals surface area (Å²) in [6.45, 7) is 4.35. The Morgan fingerprint density at radius 1 is 1.08 bits per heavy atom. The molecule has 0 aliphatic carbocycles. The number of nitrogens with one attached hydrogen (secondary N) is 2. The lowest BCUT2D eigenvalue weighted by atomic mass is 9.92. The summed E-state index contributed by atoms with van der Waals surface area (Å²) in [7, 11) is 0. The van der Waals surface area contributed by atoms with Crippen molar-refractivity contribution in [2.75, 3.05) is 32.7 Å². The maximum absolute atomic E-state index is 12.4. The lowest BCUT2D eigenvalue weighted by Gasteiger charge is -2.21. The zero-order valence-corrected chi connectivity index (χ0v) is 15.4. The van der Waals surface area contributed by atoms with Crippen LogP contribution >= 0.6 is 12.4 Å². The van der Waals surface area contributed by atoms with Crippen LogP contribution in [0, 0.1) is 11.8 Å². The van der Waals surface area contributed by atoms with Crippen molar-refractivity contribution in [3.8, 4) is 0 Å². The van der Waals surface area contributed by atoms with Gasteiger partial charge in [0.1, 0.15) is 0 Å². The van der Waals surface area contributed by atoms with Gasteiger partial charge in [0.15, 0.2) is 0 Å². The van der Waals surface area contributed by atoms with Crippen LogP contribution in [0.25, 0.3) is 0 Å². The molecule has 1 aromatic rings. The highest BCUT2D eigenvalue weighted by Crippen LogP contribution is 2.27. The zero-order chi connectivity index (χ0) is 16.8. The van der Waals surface area contributed by atoms with Gasteiger partial charge in [0.05, 0.1) is 6.42 Å². The molecule has 5 nitrogen and oxygen atoms in total. The van der Waals surface area contributed by atoms with Crippen molar-refractivity contribution in [2.45, 2.75) is 25.7 Å². The highest BCUT2D eigenvalue weighted by Gasteiger charge is 2.31. The SMILES string of the molecule is Cl.O=C(Cc1ccccc1)NCCC(=O)N1CC[C@@H]2CNC[C@@H]2CC1. The lowest BCUT2D eigenvalue weighted by molar-refractivity contribution is -0.131. The van der Waals surface area contributed by atoms with E-state index < -0.39 is 0 Å². The lowest BCUT2D eigenvalue weighted by Crippen LogP contribution is -2.36. The number of halogens is 1. The van der Waals surface area contributed by atoms with E-state index >= 15 is 0 Å². The van der Waals surface area contributed by atoms with Crippen molar-refractivity contribution < 1.29 is 9.59 Å². The van der Waals surface area contributed by atoms with Crippen LogP contribution < -0.4 is 10.6 Å². The average molecular weight is 366 g/mol. The summed E-state index contributed by atoms with van der Waals surface area (Å²) < 4.78 is 0. The first-order valence-corrected chi connectivity index (χ1v) is 9.01. The van der Waals surface area contributed by atoms with Crippen LogP contribution in [-0.4, -0.2) is 49.4 Å². The fourth-order valence-corrected chi connectivity index (χ4v) is 3.78. The second-order valence-corrected chi connectivity index (χ2v) is 6.90. The number of benzene rings is 1. The summed E-state index contributed by atoms with van der Waals surface area (Å²) in [5.41, 5.74) is 0.994. The Kier molecular flexibility index (Phi) is 7.72. The van der Waals surface area contributed by atoms with Crippen LogP contribution in [0.4, 0.5) is 0 Å². The molecular weight excluding hydrogens is 338 g/mol. The van der Waals surface area contributed by atoms with Crippen molar-refractivity contribution in [3.05, 3.63) is 35.9 Å². The first-order valence-electron chi connectivity index (χ1n) is 9.01. The Morgan fingerprint density at radius 2 is 1.72 bits per heavy atom. The predicted octanol–water partition coefficient (Wildman–Crippen LogP) is 1.62. The van der Waals surface area contributed by atoms with Crippen LogP contribution in [0.1, 0.15) is 24.8 Å². The van der Waals surface area contributed by atoms with Gasteiger partial charge >= 0.3 is 0 Å². The van der Waals surface area contributed by atoms with Gasteiger partial charge < -0.3 is 15.5 Å². The molecule has 6 heteroatoms. The monoisotopic (exact) mass is 365 g/mol. The highest BCUT2D eigenvalue weighted by atomic mass is 35.5. The molecule has 2 heterocycles. The molecule has 0 spiro atoms. The molecule has 0 aromatic heterocycles. The summed E-state index contributed by atoms with van der Waals surface area (Å²) in [5.74, 6) is 1.61. The molecule has 0 saturated carbocycles. The second-order valence-electron chi connectivity index (χ2n) is 6.90.